The Labute approximate surface area is 150 Å². The molecule has 0 saturated carbocycles. The second-order valence-corrected chi connectivity index (χ2v) is 6.42. The molecule has 0 fully saturated rings. The number of hydrogen-bond donors (Lipinski definition) is 2. The van der Waals surface area contributed by atoms with Crippen molar-refractivity contribution in [3.8, 4) is 0 Å². The molecule has 3 nitrogen and oxygen atoms in total. The second kappa shape index (κ2) is 5.74. The van der Waals surface area contributed by atoms with Gasteiger partial charge in [-0.05, 0) is 45.1 Å². The van der Waals surface area contributed by atoms with Gasteiger partial charge < -0.3 is 10.6 Å². The van der Waals surface area contributed by atoms with Gasteiger partial charge in [0.15, 0.2) is 0 Å². The third-order valence-corrected chi connectivity index (χ3v) is 4.79. The first-order valence-electron chi connectivity index (χ1n) is 8.59. The molecule has 0 aliphatic rings. The predicted molar refractivity (Wildman–Crippen MR) is 109 cm³/mol. The zero-order valence-electron chi connectivity index (χ0n) is 14.0. The minimum absolute atomic E-state index is 0.244. The third kappa shape index (κ3) is 2.33. The molecule has 26 heavy (non-hydrogen) atoms. The molecule has 5 aromatic carbocycles. The molecule has 0 aliphatic carbocycles. The van der Waals surface area contributed by atoms with E-state index in [1.54, 1.807) is 0 Å². The van der Waals surface area contributed by atoms with Crippen molar-refractivity contribution in [2.45, 2.75) is 0 Å². The summed E-state index contributed by atoms with van der Waals surface area (Å²) < 4.78 is 0. The number of rotatable bonds is 2. The minimum Gasteiger partial charge on any atom is -0.308 e. The minimum atomic E-state index is -0.244. The molecular formula is C23H16N2O. The van der Waals surface area contributed by atoms with Crippen molar-refractivity contribution in [2.75, 3.05) is 10.6 Å². The number of benzene rings is 5. The molecular weight excluding hydrogens is 320 g/mol. The lowest BCUT2D eigenvalue weighted by Crippen LogP contribution is -2.19. The van der Waals surface area contributed by atoms with Crippen molar-refractivity contribution in [1.82, 2.24) is 0 Å². The van der Waals surface area contributed by atoms with Gasteiger partial charge in [-0.3, -0.25) is 0 Å². The average Bonchev–Trinajstić information content (AvgIpc) is 2.67. The normalized spacial score (nSPS) is 11.2. The summed E-state index contributed by atoms with van der Waals surface area (Å²) in [6, 6.07) is 28.0. The highest BCUT2D eigenvalue weighted by molar-refractivity contribution is 6.27. The lowest BCUT2D eigenvalue weighted by Gasteiger charge is -2.15. The Hall–Kier alpha value is -3.59. The Morgan fingerprint density at radius 2 is 1.31 bits per heavy atom. The van der Waals surface area contributed by atoms with E-state index in [4.69, 9.17) is 0 Å². The number of hydrogen-bond acceptors (Lipinski definition) is 1. The number of carbonyl (C=O) groups is 1. The average molecular weight is 336 g/mol. The molecule has 5 aromatic rings. The van der Waals surface area contributed by atoms with Crippen molar-refractivity contribution in [3.05, 3.63) is 84.9 Å². The van der Waals surface area contributed by atoms with Crippen LogP contribution in [0.15, 0.2) is 84.9 Å². The van der Waals surface area contributed by atoms with E-state index in [2.05, 4.69) is 59.2 Å². The van der Waals surface area contributed by atoms with Crippen LogP contribution in [0.5, 0.6) is 0 Å². The predicted octanol–water partition coefficient (Wildman–Crippen LogP) is 6.23. The van der Waals surface area contributed by atoms with Crippen molar-refractivity contribution < 1.29 is 4.79 Å². The summed E-state index contributed by atoms with van der Waals surface area (Å²) >= 11 is 0. The Balaban J connectivity index is 1.64. The van der Waals surface area contributed by atoms with Crippen LogP contribution in [0.25, 0.3) is 32.3 Å². The topological polar surface area (TPSA) is 41.1 Å². The first-order valence-corrected chi connectivity index (χ1v) is 8.59. The van der Waals surface area contributed by atoms with Crippen LogP contribution < -0.4 is 10.6 Å². The highest BCUT2D eigenvalue weighted by atomic mass is 16.2. The molecule has 0 spiro atoms. The summed E-state index contributed by atoms with van der Waals surface area (Å²) in [6.45, 7) is 0. The van der Waals surface area contributed by atoms with Crippen LogP contribution in [0.4, 0.5) is 16.2 Å². The summed E-state index contributed by atoms with van der Waals surface area (Å²) in [4.78, 5) is 12.5. The van der Waals surface area contributed by atoms with Gasteiger partial charge in [0, 0.05) is 11.1 Å². The monoisotopic (exact) mass is 336 g/mol. The summed E-state index contributed by atoms with van der Waals surface area (Å²) in [5.41, 5.74) is 1.58. The third-order valence-electron chi connectivity index (χ3n) is 4.79. The molecule has 0 unspecified atom stereocenters. The van der Waals surface area contributed by atoms with E-state index >= 15 is 0 Å². The van der Waals surface area contributed by atoms with E-state index in [1.807, 2.05) is 36.4 Å². The van der Waals surface area contributed by atoms with Gasteiger partial charge >= 0.3 is 6.03 Å². The molecule has 0 atom stereocenters. The van der Waals surface area contributed by atoms with Gasteiger partial charge in [0.2, 0.25) is 0 Å². The highest BCUT2D eigenvalue weighted by Gasteiger charge is 2.13. The Morgan fingerprint density at radius 3 is 2.12 bits per heavy atom. The molecule has 0 aliphatic heterocycles. The van der Waals surface area contributed by atoms with Crippen LogP contribution in [0.2, 0.25) is 0 Å². The quantitative estimate of drug-likeness (QED) is 0.369. The fraction of sp³-hybridized carbons (Fsp3) is 0. The van der Waals surface area contributed by atoms with Crippen molar-refractivity contribution in [1.29, 1.82) is 0 Å². The Bertz CT molecular complexity index is 1240. The van der Waals surface area contributed by atoms with E-state index in [1.165, 1.54) is 21.5 Å². The lowest BCUT2D eigenvalue weighted by atomic mass is 9.93. The van der Waals surface area contributed by atoms with Gasteiger partial charge in [0.25, 0.3) is 0 Å². The van der Waals surface area contributed by atoms with Crippen LogP contribution in [0.1, 0.15) is 0 Å². The fourth-order valence-corrected chi connectivity index (χ4v) is 3.67. The van der Waals surface area contributed by atoms with Crippen LogP contribution >= 0.6 is 0 Å². The maximum absolute atomic E-state index is 12.5. The van der Waals surface area contributed by atoms with Crippen LogP contribution in [0, 0.1) is 0 Å². The molecule has 0 bridgehead atoms. The molecule has 0 heterocycles. The molecule has 3 heteroatoms. The van der Waals surface area contributed by atoms with Crippen molar-refractivity contribution in [2.24, 2.45) is 0 Å². The van der Waals surface area contributed by atoms with E-state index in [0.29, 0.717) is 0 Å². The molecule has 5 rings (SSSR count). The lowest BCUT2D eigenvalue weighted by molar-refractivity contribution is 0.262. The highest BCUT2D eigenvalue weighted by Crippen LogP contribution is 2.38. The number of carbonyl (C=O) groups excluding carboxylic acids is 1. The van der Waals surface area contributed by atoms with Gasteiger partial charge in [-0.25, -0.2) is 4.79 Å². The second-order valence-electron chi connectivity index (χ2n) is 6.42. The molecule has 2 amide bonds. The number of anilines is 2. The van der Waals surface area contributed by atoms with Crippen LogP contribution in [0.3, 0.4) is 0 Å². The number of nitrogens with one attached hydrogen (secondary N) is 2. The summed E-state index contributed by atoms with van der Waals surface area (Å²) in [5.74, 6) is 0. The van der Waals surface area contributed by atoms with E-state index < -0.39 is 0 Å². The van der Waals surface area contributed by atoms with Gasteiger partial charge in [0.1, 0.15) is 0 Å². The van der Waals surface area contributed by atoms with Gasteiger partial charge in [0.05, 0.1) is 5.69 Å². The SMILES string of the molecule is O=C(Nc1ccccc1)Nc1cc2cccc3ccc4cccc1c4c32. The standard InChI is InChI=1S/C23H16N2O/c26-23(24-18-9-2-1-3-10-18)25-20-14-17-8-4-6-15-12-13-16-7-5-11-19(20)22(16)21(15)17/h1-14H,(H2,24,25,26). The Kier molecular flexibility index (Phi) is 3.25. The van der Waals surface area contributed by atoms with Gasteiger partial charge in [-0.1, -0.05) is 66.7 Å². The fourth-order valence-electron chi connectivity index (χ4n) is 3.67. The Morgan fingerprint density at radius 1 is 0.615 bits per heavy atom. The smallest absolute Gasteiger partial charge is 0.308 e. The zero-order valence-corrected chi connectivity index (χ0v) is 14.0. The first-order chi connectivity index (χ1) is 12.8. The van der Waals surface area contributed by atoms with Crippen LogP contribution in [-0.4, -0.2) is 6.03 Å². The van der Waals surface area contributed by atoms with Gasteiger partial charge in [-0.2, -0.15) is 0 Å². The van der Waals surface area contributed by atoms with Crippen LogP contribution in [-0.2, 0) is 0 Å². The summed E-state index contributed by atoms with van der Waals surface area (Å²) in [6.07, 6.45) is 0. The summed E-state index contributed by atoms with van der Waals surface area (Å²) in [7, 11) is 0. The molecule has 124 valence electrons. The number of amides is 2. The number of para-hydroxylation sites is 1. The maximum atomic E-state index is 12.5. The molecule has 2 N–H and O–H groups in total. The van der Waals surface area contributed by atoms with Crippen molar-refractivity contribution in [3.63, 3.8) is 0 Å². The molecule has 0 aromatic heterocycles. The molecule has 0 saturated heterocycles. The summed E-state index contributed by atoms with van der Waals surface area (Å²) in [5, 5.41) is 12.9. The van der Waals surface area contributed by atoms with E-state index in [-0.39, 0.29) is 6.03 Å². The van der Waals surface area contributed by atoms with E-state index in [9.17, 15) is 4.79 Å². The largest absolute Gasteiger partial charge is 0.323 e. The van der Waals surface area contributed by atoms with E-state index in [0.717, 1.165) is 22.1 Å². The number of urea groups is 1. The maximum Gasteiger partial charge on any atom is 0.323 e. The molecule has 0 radical (unpaired) electrons. The first kappa shape index (κ1) is 14.7. The van der Waals surface area contributed by atoms with Gasteiger partial charge in [-0.15, -0.1) is 0 Å². The zero-order chi connectivity index (χ0) is 17.5. The van der Waals surface area contributed by atoms with Crippen molar-refractivity contribution >= 4 is 49.7 Å².